The number of pyridine rings is 1. The van der Waals surface area contributed by atoms with Crippen molar-refractivity contribution in [1.29, 1.82) is 0 Å². The van der Waals surface area contributed by atoms with E-state index in [1.165, 1.54) is 11.8 Å². The third-order valence-electron chi connectivity index (χ3n) is 3.88. The Hall–Kier alpha value is -2.86. The van der Waals surface area contributed by atoms with Crippen LogP contribution in [0.15, 0.2) is 47.1 Å². The molecule has 0 atom stereocenters. The van der Waals surface area contributed by atoms with Crippen molar-refractivity contribution in [3.8, 4) is 5.75 Å². The number of nitrogens with one attached hydrogen (secondary N) is 1. The highest BCUT2D eigenvalue weighted by atomic mass is 35.5. The normalized spacial score (nSPS) is 10.6. The van der Waals surface area contributed by atoms with Crippen LogP contribution in [0.5, 0.6) is 5.75 Å². The molecule has 0 unspecified atom stereocenters. The number of anilines is 1. The lowest BCUT2D eigenvalue weighted by Crippen LogP contribution is -2.16. The number of carbonyl (C=O) groups is 1. The zero-order chi connectivity index (χ0) is 18.5. The quantitative estimate of drug-likeness (QED) is 0.693. The molecule has 1 amide bonds. The van der Waals surface area contributed by atoms with Gasteiger partial charge in [0.1, 0.15) is 23.9 Å². The monoisotopic (exact) mass is 371 g/mol. The van der Waals surface area contributed by atoms with Crippen LogP contribution in [0.25, 0.3) is 0 Å². The van der Waals surface area contributed by atoms with Gasteiger partial charge in [-0.05, 0) is 43.2 Å². The predicted octanol–water partition coefficient (Wildman–Crippen LogP) is 4.43. The van der Waals surface area contributed by atoms with Crippen LogP contribution in [-0.2, 0) is 13.0 Å². The molecule has 2 aromatic heterocycles. The van der Waals surface area contributed by atoms with Crippen LogP contribution >= 0.6 is 11.6 Å². The Bertz CT molecular complexity index is 889. The van der Waals surface area contributed by atoms with Gasteiger partial charge in [-0.1, -0.05) is 35.8 Å². The van der Waals surface area contributed by atoms with Crippen molar-refractivity contribution in [3.63, 3.8) is 0 Å². The molecule has 134 valence electrons. The number of nitrogens with zero attached hydrogens (tertiary/aromatic N) is 2. The van der Waals surface area contributed by atoms with Crippen LogP contribution < -0.4 is 10.1 Å². The Morgan fingerprint density at radius 2 is 2.00 bits per heavy atom. The summed E-state index contributed by atoms with van der Waals surface area (Å²) in [6, 6.07) is 11.1. The van der Waals surface area contributed by atoms with Crippen molar-refractivity contribution in [1.82, 2.24) is 10.1 Å². The SMILES string of the molecule is CCc1ccc(OCc2c(C(=O)Nc3ccc(Cl)cn3)noc2C)cc1. The van der Waals surface area contributed by atoms with Gasteiger partial charge in [-0.15, -0.1) is 0 Å². The van der Waals surface area contributed by atoms with Crippen molar-refractivity contribution < 1.29 is 14.1 Å². The van der Waals surface area contributed by atoms with Crippen molar-refractivity contribution in [2.24, 2.45) is 0 Å². The molecule has 0 fully saturated rings. The van der Waals surface area contributed by atoms with E-state index in [1.807, 2.05) is 24.3 Å². The van der Waals surface area contributed by atoms with Crippen molar-refractivity contribution >= 4 is 23.3 Å². The summed E-state index contributed by atoms with van der Waals surface area (Å²) in [7, 11) is 0. The average molecular weight is 372 g/mol. The van der Waals surface area contributed by atoms with Crippen molar-refractivity contribution in [2.45, 2.75) is 26.9 Å². The molecular weight excluding hydrogens is 354 g/mol. The Labute approximate surface area is 156 Å². The third-order valence-corrected chi connectivity index (χ3v) is 4.11. The van der Waals surface area contributed by atoms with E-state index in [0.29, 0.717) is 27.9 Å². The van der Waals surface area contributed by atoms with E-state index in [-0.39, 0.29) is 12.3 Å². The smallest absolute Gasteiger partial charge is 0.279 e. The van der Waals surface area contributed by atoms with Gasteiger partial charge < -0.3 is 14.6 Å². The summed E-state index contributed by atoms with van der Waals surface area (Å²) in [5.41, 5.74) is 1.99. The Morgan fingerprint density at radius 3 is 2.65 bits per heavy atom. The number of halogens is 1. The molecule has 3 rings (SSSR count). The molecule has 0 radical (unpaired) electrons. The van der Waals surface area contributed by atoms with Gasteiger partial charge in [0.05, 0.1) is 10.6 Å². The summed E-state index contributed by atoms with van der Waals surface area (Å²) >= 11 is 5.79. The number of ether oxygens (including phenoxy) is 1. The number of aryl methyl sites for hydroxylation is 2. The number of amides is 1. The van der Waals surface area contributed by atoms with E-state index >= 15 is 0 Å². The van der Waals surface area contributed by atoms with Gasteiger partial charge in [-0.3, -0.25) is 4.79 Å². The second kappa shape index (κ2) is 8.01. The number of benzene rings is 1. The first kappa shape index (κ1) is 17.9. The largest absolute Gasteiger partial charge is 0.489 e. The maximum Gasteiger partial charge on any atom is 0.279 e. The fraction of sp³-hybridized carbons (Fsp3) is 0.211. The molecule has 7 heteroatoms. The second-order valence-corrected chi connectivity index (χ2v) is 6.10. The van der Waals surface area contributed by atoms with E-state index in [0.717, 1.165) is 6.42 Å². The maximum absolute atomic E-state index is 12.5. The molecule has 0 aliphatic heterocycles. The predicted molar refractivity (Wildman–Crippen MR) is 98.6 cm³/mol. The molecule has 1 N–H and O–H groups in total. The lowest BCUT2D eigenvalue weighted by atomic mass is 10.1. The van der Waals surface area contributed by atoms with E-state index < -0.39 is 5.91 Å². The van der Waals surface area contributed by atoms with Crippen LogP contribution in [0.1, 0.15) is 34.3 Å². The highest BCUT2D eigenvalue weighted by molar-refractivity contribution is 6.30. The molecule has 1 aromatic carbocycles. The Kier molecular flexibility index (Phi) is 5.53. The number of carbonyl (C=O) groups excluding carboxylic acids is 1. The van der Waals surface area contributed by atoms with Crippen LogP contribution in [0.3, 0.4) is 0 Å². The third kappa shape index (κ3) is 4.21. The first-order valence-electron chi connectivity index (χ1n) is 8.16. The standard InChI is InChI=1S/C19H18ClN3O3/c1-3-13-4-7-15(8-5-13)25-11-16-12(2)26-23-18(16)19(24)22-17-9-6-14(20)10-21-17/h4-10H,3,11H2,1-2H3,(H,21,22,24). The average Bonchev–Trinajstić information content (AvgIpc) is 3.03. The van der Waals surface area contributed by atoms with Gasteiger partial charge in [0.2, 0.25) is 0 Å². The van der Waals surface area contributed by atoms with Gasteiger partial charge in [-0.2, -0.15) is 0 Å². The molecule has 0 bridgehead atoms. The molecule has 2 heterocycles. The van der Waals surface area contributed by atoms with Crippen LogP contribution in [0, 0.1) is 6.92 Å². The lowest BCUT2D eigenvalue weighted by Gasteiger charge is -2.08. The highest BCUT2D eigenvalue weighted by Gasteiger charge is 2.21. The first-order valence-corrected chi connectivity index (χ1v) is 8.54. The zero-order valence-corrected chi connectivity index (χ0v) is 15.2. The molecular formula is C19H18ClN3O3. The van der Waals surface area contributed by atoms with Crippen LogP contribution in [0.2, 0.25) is 5.02 Å². The molecule has 0 saturated heterocycles. The number of aromatic nitrogens is 2. The maximum atomic E-state index is 12.5. The number of hydrogen-bond acceptors (Lipinski definition) is 5. The minimum absolute atomic E-state index is 0.171. The molecule has 26 heavy (non-hydrogen) atoms. The summed E-state index contributed by atoms with van der Waals surface area (Å²) in [4.78, 5) is 16.5. The topological polar surface area (TPSA) is 77.2 Å². The van der Waals surface area contributed by atoms with E-state index in [1.54, 1.807) is 19.1 Å². The zero-order valence-electron chi connectivity index (χ0n) is 14.5. The van der Waals surface area contributed by atoms with Crippen LogP contribution in [0.4, 0.5) is 5.82 Å². The number of rotatable bonds is 6. The van der Waals surface area contributed by atoms with Gasteiger partial charge >= 0.3 is 0 Å². The molecule has 0 saturated carbocycles. The van der Waals surface area contributed by atoms with Gasteiger partial charge in [0, 0.05) is 6.20 Å². The summed E-state index contributed by atoms with van der Waals surface area (Å²) in [5, 5.41) is 7.00. The van der Waals surface area contributed by atoms with Gasteiger partial charge in [-0.25, -0.2) is 4.98 Å². The Balaban J connectivity index is 1.71. The van der Waals surface area contributed by atoms with Gasteiger partial charge in [0.15, 0.2) is 5.69 Å². The fourth-order valence-electron chi connectivity index (χ4n) is 2.34. The van der Waals surface area contributed by atoms with Crippen LogP contribution in [-0.4, -0.2) is 16.0 Å². The highest BCUT2D eigenvalue weighted by Crippen LogP contribution is 2.20. The molecule has 6 nitrogen and oxygen atoms in total. The number of hydrogen-bond donors (Lipinski definition) is 1. The van der Waals surface area contributed by atoms with E-state index in [9.17, 15) is 4.79 Å². The summed E-state index contributed by atoms with van der Waals surface area (Å²) in [5.74, 6) is 1.21. The minimum atomic E-state index is -0.420. The lowest BCUT2D eigenvalue weighted by molar-refractivity contribution is 0.101. The van der Waals surface area contributed by atoms with E-state index in [2.05, 4.69) is 22.4 Å². The summed E-state index contributed by atoms with van der Waals surface area (Å²) in [6.45, 7) is 4.01. The summed E-state index contributed by atoms with van der Waals surface area (Å²) < 4.78 is 10.9. The summed E-state index contributed by atoms with van der Waals surface area (Å²) in [6.07, 6.45) is 2.42. The molecule has 3 aromatic rings. The second-order valence-electron chi connectivity index (χ2n) is 5.67. The van der Waals surface area contributed by atoms with Crippen molar-refractivity contribution in [2.75, 3.05) is 5.32 Å². The van der Waals surface area contributed by atoms with Gasteiger partial charge in [0.25, 0.3) is 5.91 Å². The first-order chi connectivity index (χ1) is 12.6. The van der Waals surface area contributed by atoms with Crippen molar-refractivity contribution in [3.05, 3.63) is 70.2 Å². The molecule has 0 aliphatic rings. The Morgan fingerprint density at radius 1 is 1.23 bits per heavy atom. The molecule has 0 spiro atoms. The fourth-order valence-corrected chi connectivity index (χ4v) is 2.45. The molecule has 0 aliphatic carbocycles. The van der Waals surface area contributed by atoms with E-state index in [4.69, 9.17) is 20.9 Å². The minimum Gasteiger partial charge on any atom is -0.489 e.